The normalized spacial score (nSPS) is 14.8. The van der Waals surface area contributed by atoms with Gasteiger partial charge in [-0.25, -0.2) is 9.48 Å². The fourth-order valence-corrected chi connectivity index (χ4v) is 2.81. The van der Waals surface area contributed by atoms with Gasteiger partial charge in [0.25, 0.3) is 0 Å². The molecule has 1 aliphatic rings. The predicted molar refractivity (Wildman–Crippen MR) is 92.3 cm³/mol. The average molecular weight is 345 g/mol. The Hall–Kier alpha value is -2.45. The zero-order valence-corrected chi connectivity index (χ0v) is 14.6. The number of anilines is 1. The Morgan fingerprint density at radius 3 is 2.68 bits per heavy atom. The van der Waals surface area contributed by atoms with E-state index in [4.69, 9.17) is 4.74 Å². The van der Waals surface area contributed by atoms with Gasteiger partial charge in [-0.3, -0.25) is 4.90 Å². The van der Waals surface area contributed by atoms with Gasteiger partial charge in [0.05, 0.1) is 33.2 Å². The molecule has 0 radical (unpaired) electrons. The number of morpholine rings is 1. The molecule has 0 aliphatic carbocycles. The zero-order chi connectivity index (χ0) is 17.6. The minimum Gasteiger partial charge on any atom is -0.464 e. The van der Waals surface area contributed by atoms with Crippen LogP contribution in [0.25, 0.3) is 0 Å². The van der Waals surface area contributed by atoms with Gasteiger partial charge in [-0.1, -0.05) is 17.3 Å². The van der Waals surface area contributed by atoms with Crippen molar-refractivity contribution in [3.63, 3.8) is 0 Å². The van der Waals surface area contributed by atoms with Crippen LogP contribution < -0.4 is 4.90 Å². The molecule has 2 heterocycles. The van der Waals surface area contributed by atoms with Crippen LogP contribution in [0, 0.1) is 0 Å². The third-order valence-corrected chi connectivity index (χ3v) is 4.08. The lowest BCUT2D eigenvalue weighted by atomic mass is 10.2. The van der Waals surface area contributed by atoms with E-state index in [0.717, 1.165) is 32.8 Å². The summed E-state index contributed by atoms with van der Waals surface area (Å²) in [5, 5.41) is 7.75. The number of benzene rings is 1. The highest BCUT2D eigenvalue weighted by Gasteiger charge is 2.13. The van der Waals surface area contributed by atoms with Gasteiger partial charge in [0.15, 0.2) is 5.69 Å². The molecule has 0 spiro atoms. The topological polar surface area (TPSA) is 72.7 Å². The minimum absolute atomic E-state index is 0.214. The fraction of sp³-hybridized carbons (Fsp3) is 0.471. The SMILES string of the molecule is COC(=O)c1cn(CN(C)Cc2ccc(N3CCOCC3)cc2)nn1. The Kier molecular flexibility index (Phi) is 5.62. The van der Waals surface area contributed by atoms with Crippen LogP contribution in [-0.4, -0.2) is 66.3 Å². The summed E-state index contributed by atoms with van der Waals surface area (Å²) in [6, 6.07) is 8.59. The first-order valence-corrected chi connectivity index (χ1v) is 8.24. The number of methoxy groups -OCH3 is 1. The number of carbonyl (C=O) groups is 1. The van der Waals surface area contributed by atoms with Crippen molar-refractivity contribution in [1.29, 1.82) is 0 Å². The summed E-state index contributed by atoms with van der Waals surface area (Å²) in [6.45, 7) is 4.76. The van der Waals surface area contributed by atoms with Crippen molar-refractivity contribution in [2.45, 2.75) is 13.2 Å². The van der Waals surface area contributed by atoms with Crippen LogP contribution in [0.1, 0.15) is 16.1 Å². The largest absolute Gasteiger partial charge is 0.464 e. The van der Waals surface area contributed by atoms with Crippen molar-refractivity contribution in [2.75, 3.05) is 45.4 Å². The van der Waals surface area contributed by atoms with Crippen LogP contribution in [0.15, 0.2) is 30.5 Å². The fourth-order valence-electron chi connectivity index (χ4n) is 2.81. The molecule has 8 heteroatoms. The van der Waals surface area contributed by atoms with E-state index in [-0.39, 0.29) is 5.69 Å². The van der Waals surface area contributed by atoms with Gasteiger partial charge in [-0.05, 0) is 24.7 Å². The summed E-state index contributed by atoms with van der Waals surface area (Å²) >= 11 is 0. The van der Waals surface area contributed by atoms with Crippen LogP contribution in [0.3, 0.4) is 0 Å². The maximum absolute atomic E-state index is 11.4. The van der Waals surface area contributed by atoms with E-state index in [0.29, 0.717) is 6.67 Å². The molecule has 1 aliphatic heterocycles. The number of nitrogens with zero attached hydrogens (tertiary/aromatic N) is 5. The monoisotopic (exact) mass is 345 g/mol. The predicted octanol–water partition coefficient (Wildman–Crippen LogP) is 0.991. The summed E-state index contributed by atoms with van der Waals surface area (Å²) in [5.74, 6) is -0.479. The molecule has 0 bridgehead atoms. The molecule has 0 atom stereocenters. The molecular weight excluding hydrogens is 322 g/mol. The molecule has 1 aromatic carbocycles. The molecule has 1 aromatic heterocycles. The smallest absolute Gasteiger partial charge is 0.360 e. The van der Waals surface area contributed by atoms with Gasteiger partial charge < -0.3 is 14.4 Å². The van der Waals surface area contributed by atoms with Crippen molar-refractivity contribution < 1.29 is 14.3 Å². The zero-order valence-electron chi connectivity index (χ0n) is 14.6. The van der Waals surface area contributed by atoms with Crippen LogP contribution in [0.4, 0.5) is 5.69 Å². The van der Waals surface area contributed by atoms with Gasteiger partial charge in [-0.15, -0.1) is 5.10 Å². The molecule has 3 rings (SSSR count). The van der Waals surface area contributed by atoms with E-state index in [1.807, 2.05) is 7.05 Å². The Balaban J connectivity index is 1.54. The summed E-state index contributed by atoms with van der Waals surface area (Å²) < 4.78 is 11.6. The molecule has 25 heavy (non-hydrogen) atoms. The first-order chi connectivity index (χ1) is 12.2. The molecule has 0 N–H and O–H groups in total. The third kappa shape index (κ3) is 4.55. The number of rotatable bonds is 6. The van der Waals surface area contributed by atoms with E-state index in [2.05, 4.69) is 49.1 Å². The number of hydrogen-bond donors (Lipinski definition) is 0. The maximum atomic E-state index is 11.4. The maximum Gasteiger partial charge on any atom is 0.360 e. The quantitative estimate of drug-likeness (QED) is 0.723. The number of carbonyl (C=O) groups excluding carboxylic acids is 1. The third-order valence-electron chi connectivity index (χ3n) is 4.08. The molecular formula is C17H23N5O3. The number of hydrogen-bond acceptors (Lipinski definition) is 7. The van der Waals surface area contributed by atoms with Crippen molar-refractivity contribution in [3.05, 3.63) is 41.7 Å². The molecule has 0 amide bonds. The highest BCUT2D eigenvalue weighted by atomic mass is 16.5. The molecule has 0 unspecified atom stereocenters. The molecule has 0 saturated carbocycles. The van der Waals surface area contributed by atoms with Gasteiger partial charge >= 0.3 is 5.97 Å². The molecule has 1 saturated heterocycles. The standard InChI is InChI=1S/C17H23N5O3/c1-20(13-22-12-16(18-19-22)17(23)24-2)11-14-3-5-15(6-4-14)21-7-9-25-10-8-21/h3-6,12H,7-11,13H2,1-2H3. The lowest BCUT2D eigenvalue weighted by Crippen LogP contribution is -2.36. The molecule has 8 nitrogen and oxygen atoms in total. The molecule has 2 aromatic rings. The highest BCUT2D eigenvalue weighted by Crippen LogP contribution is 2.17. The second-order valence-electron chi connectivity index (χ2n) is 6.06. The number of esters is 1. The summed E-state index contributed by atoms with van der Waals surface area (Å²) in [7, 11) is 3.32. The lowest BCUT2D eigenvalue weighted by Gasteiger charge is -2.29. The van der Waals surface area contributed by atoms with E-state index in [9.17, 15) is 4.79 Å². The second kappa shape index (κ2) is 8.09. The van der Waals surface area contributed by atoms with Gasteiger partial charge in [0.1, 0.15) is 0 Å². The van der Waals surface area contributed by atoms with Crippen LogP contribution in [0.2, 0.25) is 0 Å². The average Bonchev–Trinajstić information content (AvgIpc) is 3.10. The molecule has 134 valence electrons. The van der Waals surface area contributed by atoms with Gasteiger partial charge in [0, 0.05) is 25.3 Å². The van der Waals surface area contributed by atoms with Gasteiger partial charge in [-0.2, -0.15) is 0 Å². The van der Waals surface area contributed by atoms with Crippen molar-refractivity contribution >= 4 is 11.7 Å². The number of ether oxygens (including phenoxy) is 2. The van der Waals surface area contributed by atoms with E-state index >= 15 is 0 Å². The van der Waals surface area contributed by atoms with Crippen molar-refractivity contribution in [3.8, 4) is 0 Å². The van der Waals surface area contributed by atoms with E-state index < -0.39 is 5.97 Å². The van der Waals surface area contributed by atoms with Crippen molar-refractivity contribution in [1.82, 2.24) is 19.9 Å². The van der Waals surface area contributed by atoms with Crippen LogP contribution in [0.5, 0.6) is 0 Å². The van der Waals surface area contributed by atoms with Crippen LogP contribution in [-0.2, 0) is 22.7 Å². The van der Waals surface area contributed by atoms with Gasteiger partial charge in [0.2, 0.25) is 0 Å². The van der Waals surface area contributed by atoms with E-state index in [1.54, 1.807) is 10.9 Å². The lowest BCUT2D eigenvalue weighted by molar-refractivity contribution is 0.0594. The number of aromatic nitrogens is 3. The summed E-state index contributed by atoms with van der Waals surface area (Å²) in [5.41, 5.74) is 2.66. The Bertz CT molecular complexity index is 695. The van der Waals surface area contributed by atoms with Crippen molar-refractivity contribution in [2.24, 2.45) is 0 Å². The summed E-state index contributed by atoms with van der Waals surface area (Å²) in [6.07, 6.45) is 1.59. The minimum atomic E-state index is -0.479. The first kappa shape index (κ1) is 17.4. The van der Waals surface area contributed by atoms with Crippen LogP contribution >= 0.6 is 0 Å². The Morgan fingerprint density at radius 1 is 1.28 bits per heavy atom. The Morgan fingerprint density at radius 2 is 2.00 bits per heavy atom. The highest BCUT2D eigenvalue weighted by molar-refractivity contribution is 5.86. The Labute approximate surface area is 146 Å². The second-order valence-corrected chi connectivity index (χ2v) is 6.06. The first-order valence-electron chi connectivity index (χ1n) is 8.24. The van der Waals surface area contributed by atoms with E-state index in [1.165, 1.54) is 18.4 Å². The summed E-state index contributed by atoms with van der Waals surface area (Å²) in [4.78, 5) is 15.8. The molecule has 1 fully saturated rings.